The van der Waals surface area contributed by atoms with Crippen molar-refractivity contribution in [2.24, 2.45) is 11.8 Å². The summed E-state index contributed by atoms with van der Waals surface area (Å²) < 4.78 is 26.9. The Hall–Kier alpha value is -1.15. The normalized spacial score (nSPS) is 21.4. The number of rotatable bonds is 7. The van der Waals surface area contributed by atoms with Crippen LogP contribution in [0.15, 0.2) is 23.1 Å². The molecule has 1 heterocycles. The molecule has 0 bridgehead atoms. The molecule has 1 aliphatic heterocycles. The Kier molecular flexibility index (Phi) is 7.68. The lowest BCUT2D eigenvalue weighted by Gasteiger charge is -2.34. The minimum absolute atomic E-state index is 0.0193. The van der Waals surface area contributed by atoms with Crippen LogP contribution < -0.4 is 5.32 Å². The first-order valence-electron chi connectivity index (χ1n) is 9.49. The number of likely N-dealkylation sites (tertiary alicyclic amines) is 1. The van der Waals surface area contributed by atoms with Gasteiger partial charge in [-0.1, -0.05) is 39.3 Å². The summed E-state index contributed by atoms with van der Waals surface area (Å²) in [5.74, 6) is 0.996. The van der Waals surface area contributed by atoms with Gasteiger partial charge in [0.1, 0.15) is 4.90 Å². The number of halogens is 1. The van der Waals surface area contributed by atoms with E-state index in [1.165, 1.54) is 22.9 Å². The summed E-state index contributed by atoms with van der Waals surface area (Å²) in [6.07, 6.45) is 1.18. The van der Waals surface area contributed by atoms with E-state index in [0.29, 0.717) is 37.2 Å². The molecule has 1 saturated heterocycles. The average molecular weight is 416 g/mol. The highest BCUT2D eigenvalue weighted by molar-refractivity contribution is 7.89. The van der Waals surface area contributed by atoms with Crippen LogP contribution in [-0.2, 0) is 14.8 Å². The zero-order chi connectivity index (χ0) is 20.2. The topological polar surface area (TPSA) is 69.7 Å². The van der Waals surface area contributed by atoms with Crippen molar-refractivity contribution in [1.29, 1.82) is 0 Å². The van der Waals surface area contributed by atoms with Gasteiger partial charge in [0, 0.05) is 31.9 Å². The second kappa shape index (κ2) is 9.37. The molecule has 6 nitrogen and oxygen atoms in total. The van der Waals surface area contributed by atoms with E-state index in [1.807, 2.05) is 0 Å². The van der Waals surface area contributed by atoms with Crippen LogP contribution in [0.1, 0.15) is 34.1 Å². The van der Waals surface area contributed by atoms with E-state index in [-0.39, 0.29) is 15.8 Å². The Morgan fingerprint density at radius 2 is 1.81 bits per heavy atom. The highest BCUT2D eigenvalue weighted by Gasteiger charge is 2.26. The Bertz CT molecular complexity index is 755. The smallest absolute Gasteiger partial charge is 0.244 e. The van der Waals surface area contributed by atoms with E-state index in [0.717, 1.165) is 13.1 Å². The van der Waals surface area contributed by atoms with Crippen LogP contribution in [-0.4, -0.2) is 56.3 Å². The summed E-state index contributed by atoms with van der Waals surface area (Å²) >= 11 is 6.14. The maximum absolute atomic E-state index is 12.8. The molecule has 1 N–H and O–H groups in total. The summed E-state index contributed by atoms with van der Waals surface area (Å²) in [7, 11) is -3.69. The second-order valence-electron chi connectivity index (χ2n) is 7.42. The minimum Gasteiger partial charge on any atom is -0.325 e. The van der Waals surface area contributed by atoms with Crippen molar-refractivity contribution < 1.29 is 13.2 Å². The standard InChI is InChI=1S/C19H30ClN3O3S/c1-5-23(6-2)27(25,26)18-10-16(7-8-17(18)20)21-19(24)13-22-11-14(3)9-15(4)12-22/h7-8,10,14-15H,5-6,9,11-13H2,1-4H3,(H,21,24)/t14-,15+. The van der Waals surface area contributed by atoms with Crippen LogP contribution in [0, 0.1) is 11.8 Å². The molecule has 1 fully saturated rings. The zero-order valence-electron chi connectivity index (χ0n) is 16.5. The predicted molar refractivity (Wildman–Crippen MR) is 110 cm³/mol. The van der Waals surface area contributed by atoms with Crippen molar-refractivity contribution in [2.45, 2.75) is 39.0 Å². The van der Waals surface area contributed by atoms with Crippen molar-refractivity contribution in [3.63, 3.8) is 0 Å². The number of carbonyl (C=O) groups excluding carboxylic acids is 1. The number of anilines is 1. The third-order valence-corrected chi connectivity index (χ3v) is 7.38. The highest BCUT2D eigenvalue weighted by atomic mass is 35.5. The van der Waals surface area contributed by atoms with E-state index >= 15 is 0 Å². The lowest BCUT2D eigenvalue weighted by atomic mass is 9.92. The lowest BCUT2D eigenvalue weighted by molar-refractivity contribution is -0.117. The highest BCUT2D eigenvalue weighted by Crippen LogP contribution is 2.28. The first-order valence-corrected chi connectivity index (χ1v) is 11.3. The summed E-state index contributed by atoms with van der Waals surface area (Å²) in [5.41, 5.74) is 0.438. The van der Waals surface area contributed by atoms with Gasteiger partial charge in [0.2, 0.25) is 15.9 Å². The first kappa shape index (κ1) is 22.1. The molecule has 1 aromatic rings. The molecule has 1 aromatic carbocycles. The van der Waals surface area contributed by atoms with E-state index in [9.17, 15) is 13.2 Å². The summed E-state index contributed by atoms with van der Waals surface area (Å²) in [5, 5.41) is 2.96. The van der Waals surface area contributed by atoms with Gasteiger partial charge in [0.05, 0.1) is 11.6 Å². The number of sulfonamides is 1. The van der Waals surface area contributed by atoms with Crippen LogP contribution in [0.2, 0.25) is 5.02 Å². The largest absolute Gasteiger partial charge is 0.325 e. The summed E-state index contributed by atoms with van der Waals surface area (Å²) in [6, 6.07) is 4.58. The molecule has 27 heavy (non-hydrogen) atoms. The van der Waals surface area contributed by atoms with Gasteiger partial charge in [-0.3, -0.25) is 9.69 Å². The molecule has 0 unspecified atom stereocenters. The quantitative estimate of drug-likeness (QED) is 0.741. The van der Waals surface area contributed by atoms with E-state index in [2.05, 4.69) is 24.1 Å². The predicted octanol–water partition coefficient (Wildman–Crippen LogP) is 3.29. The first-order chi connectivity index (χ1) is 12.7. The number of amides is 1. The van der Waals surface area contributed by atoms with Crippen molar-refractivity contribution in [1.82, 2.24) is 9.21 Å². The zero-order valence-corrected chi connectivity index (χ0v) is 18.1. The molecule has 2 atom stereocenters. The fraction of sp³-hybridized carbons (Fsp3) is 0.632. The molecular formula is C19H30ClN3O3S. The monoisotopic (exact) mass is 415 g/mol. The molecule has 1 aliphatic rings. The third kappa shape index (κ3) is 5.67. The number of nitrogens with one attached hydrogen (secondary N) is 1. The van der Waals surface area contributed by atoms with Crippen molar-refractivity contribution in [3.8, 4) is 0 Å². The maximum atomic E-state index is 12.8. The molecule has 2 rings (SSSR count). The number of hydrogen-bond acceptors (Lipinski definition) is 4. The fourth-order valence-electron chi connectivity index (χ4n) is 3.81. The van der Waals surface area contributed by atoms with Gasteiger partial charge in [0.15, 0.2) is 0 Å². The lowest BCUT2D eigenvalue weighted by Crippen LogP contribution is -2.42. The van der Waals surface area contributed by atoms with Crippen molar-refractivity contribution in [2.75, 3.05) is 38.0 Å². The van der Waals surface area contributed by atoms with Gasteiger partial charge in [-0.2, -0.15) is 4.31 Å². The third-order valence-electron chi connectivity index (χ3n) is 4.85. The SMILES string of the molecule is CCN(CC)S(=O)(=O)c1cc(NC(=O)CN2C[C@H](C)C[C@H](C)C2)ccc1Cl. The van der Waals surface area contributed by atoms with Crippen LogP contribution >= 0.6 is 11.6 Å². The van der Waals surface area contributed by atoms with Crippen molar-refractivity contribution >= 4 is 33.2 Å². The molecule has 8 heteroatoms. The Morgan fingerprint density at radius 1 is 1.22 bits per heavy atom. The number of piperidine rings is 1. The van der Waals surface area contributed by atoms with Gasteiger partial charge in [-0.05, 0) is 36.5 Å². The number of carbonyl (C=O) groups is 1. The summed E-state index contributed by atoms with van der Waals surface area (Å²) in [4.78, 5) is 14.6. The molecule has 1 amide bonds. The van der Waals surface area contributed by atoms with Gasteiger partial charge >= 0.3 is 0 Å². The van der Waals surface area contributed by atoms with Crippen molar-refractivity contribution in [3.05, 3.63) is 23.2 Å². The van der Waals surface area contributed by atoms with Crippen LogP contribution in [0.3, 0.4) is 0 Å². The van der Waals surface area contributed by atoms with Crippen LogP contribution in [0.5, 0.6) is 0 Å². The molecular weight excluding hydrogens is 386 g/mol. The number of hydrogen-bond donors (Lipinski definition) is 1. The Balaban J connectivity index is 2.12. The fourth-order valence-corrected chi connectivity index (χ4v) is 5.76. The Morgan fingerprint density at radius 3 is 2.37 bits per heavy atom. The number of benzene rings is 1. The molecule has 0 saturated carbocycles. The van der Waals surface area contributed by atoms with E-state index in [1.54, 1.807) is 19.9 Å². The minimum atomic E-state index is -3.69. The van der Waals surface area contributed by atoms with E-state index < -0.39 is 10.0 Å². The molecule has 0 aliphatic carbocycles. The van der Waals surface area contributed by atoms with E-state index in [4.69, 9.17) is 11.6 Å². The second-order valence-corrected chi connectivity index (χ2v) is 9.74. The van der Waals surface area contributed by atoms with Gasteiger partial charge in [-0.15, -0.1) is 0 Å². The molecule has 0 radical (unpaired) electrons. The van der Waals surface area contributed by atoms with Gasteiger partial charge in [-0.25, -0.2) is 8.42 Å². The number of nitrogens with zero attached hydrogens (tertiary/aromatic N) is 2. The molecule has 152 valence electrons. The van der Waals surface area contributed by atoms with Gasteiger partial charge < -0.3 is 5.32 Å². The molecule has 0 spiro atoms. The van der Waals surface area contributed by atoms with Gasteiger partial charge in [0.25, 0.3) is 0 Å². The Labute approximate surface area is 167 Å². The average Bonchev–Trinajstić information content (AvgIpc) is 2.56. The van der Waals surface area contributed by atoms with Crippen LogP contribution in [0.25, 0.3) is 0 Å². The summed E-state index contributed by atoms with van der Waals surface area (Å²) in [6.45, 7) is 10.8. The maximum Gasteiger partial charge on any atom is 0.244 e. The van der Waals surface area contributed by atoms with Crippen LogP contribution in [0.4, 0.5) is 5.69 Å². The molecule has 0 aromatic heterocycles.